The van der Waals surface area contributed by atoms with E-state index in [4.69, 9.17) is 5.11 Å². The summed E-state index contributed by atoms with van der Waals surface area (Å²) in [7, 11) is 0. The first-order valence-corrected chi connectivity index (χ1v) is 5.56. The maximum atomic E-state index is 11.6. The molecule has 0 bridgehead atoms. The van der Waals surface area contributed by atoms with Crippen LogP contribution in [0.2, 0.25) is 0 Å². The first kappa shape index (κ1) is 12.6. The lowest BCUT2D eigenvalue weighted by molar-refractivity contribution is 0.0952. The highest BCUT2D eigenvalue weighted by Gasteiger charge is 2.04. The predicted molar refractivity (Wildman–Crippen MR) is 62.2 cm³/mol. The third-order valence-corrected chi connectivity index (χ3v) is 2.28. The van der Waals surface area contributed by atoms with Crippen molar-refractivity contribution < 1.29 is 9.90 Å². The summed E-state index contributed by atoms with van der Waals surface area (Å²) in [5, 5.41) is 11.4. The van der Waals surface area contributed by atoms with Crippen molar-refractivity contribution >= 4 is 5.91 Å². The van der Waals surface area contributed by atoms with Crippen molar-refractivity contribution in [2.24, 2.45) is 0 Å². The van der Waals surface area contributed by atoms with Crippen LogP contribution in [-0.4, -0.2) is 29.1 Å². The number of pyridine rings is 1. The second kappa shape index (κ2) is 6.95. The molecule has 0 aromatic carbocycles. The summed E-state index contributed by atoms with van der Waals surface area (Å²) in [6.07, 6.45) is 4.27. The maximum Gasteiger partial charge on any atom is 0.251 e. The SMILES string of the molecule is Cc1cc(C(=O)NCCCCCO)ccn1. The van der Waals surface area contributed by atoms with Gasteiger partial charge in [-0.1, -0.05) is 0 Å². The Balaban J connectivity index is 2.30. The number of aliphatic hydroxyl groups excluding tert-OH is 1. The number of hydrogen-bond acceptors (Lipinski definition) is 3. The Labute approximate surface area is 95.7 Å². The minimum atomic E-state index is -0.0606. The third kappa shape index (κ3) is 4.40. The second-order valence-corrected chi connectivity index (χ2v) is 3.73. The number of hydrogen-bond donors (Lipinski definition) is 2. The average molecular weight is 222 g/mol. The Morgan fingerprint density at radius 2 is 2.25 bits per heavy atom. The van der Waals surface area contributed by atoms with Crippen LogP contribution in [0, 0.1) is 6.92 Å². The number of aliphatic hydroxyl groups is 1. The summed E-state index contributed by atoms with van der Waals surface area (Å²) in [4.78, 5) is 15.7. The monoisotopic (exact) mass is 222 g/mol. The van der Waals surface area contributed by atoms with E-state index in [-0.39, 0.29) is 12.5 Å². The molecule has 4 nitrogen and oxygen atoms in total. The Bertz CT molecular complexity index is 340. The molecule has 1 amide bonds. The van der Waals surface area contributed by atoms with Crippen LogP contribution in [0.3, 0.4) is 0 Å². The normalized spacial score (nSPS) is 10.1. The highest BCUT2D eigenvalue weighted by Crippen LogP contribution is 2.00. The molecule has 4 heteroatoms. The van der Waals surface area contributed by atoms with E-state index in [0.717, 1.165) is 25.0 Å². The molecule has 1 rings (SSSR count). The summed E-state index contributed by atoms with van der Waals surface area (Å²) < 4.78 is 0. The molecule has 0 aliphatic heterocycles. The van der Waals surface area contributed by atoms with Crippen LogP contribution < -0.4 is 5.32 Å². The molecule has 0 radical (unpaired) electrons. The number of nitrogens with zero attached hydrogens (tertiary/aromatic N) is 1. The van der Waals surface area contributed by atoms with Gasteiger partial charge in [-0.05, 0) is 38.3 Å². The van der Waals surface area contributed by atoms with E-state index < -0.39 is 0 Å². The molecular formula is C12H18N2O2. The number of aromatic nitrogens is 1. The number of carbonyl (C=O) groups excluding carboxylic acids is 1. The fourth-order valence-electron chi connectivity index (χ4n) is 1.40. The van der Waals surface area contributed by atoms with Crippen LogP contribution in [0.1, 0.15) is 35.3 Å². The van der Waals surface area contributed by atoms with E-state index >= 15 is 0 Å². The van der Waals surface area contributed by atoms with E-state index in [2.05, 4.69) is 10.3 Å². The average Bonchev–Trinajstić information content (AvgIpc) is 2.28. The van der Waals surface area contributed by atoms with Gasteiger partial charge in [0.25, 0.3) is 5.91 Å². The molecule has 0 fully saturated rings. The number of amides is 1. The Morgan fingerprint density at radius 3 is 2.94 bits per heavy atom. The number of nitrogens with one attached hydrogen (secondary N) is 1. The highest BCUT2D eigenvalue weighted by molar-refractivity contribution is 5.94. The van der Waals surface area contributed by atoms with Crippen LogP contribution in [0.5, 0.6) is 0 Å². The molecule has 0 atom stereocenters. The largest absolute Gasteiger partial charge is 0.396 e. The Hall–Kier alpha value is -1.42. The highest BCUT2D eigenvalue weighted by atomic mass is 16.2. The van der Waals surface area contributed by atoms with Gasteiger partial charge in [0.05, 0.1) is 0 Å². The van der Waals surface area contributed by atoms with Crippen molar-refractivity contribution in [1.82, 2.24) is 10.3 Å². The molecule has 1 aromatic rings. The van der Waals surface area contributed by atoms with Gasteiger partial charge in [0.15, 0.2) is 0 Å². The Morgan fingerprint density at radius 1 is 1.44 bits per heavy atom. The van der Waals surface area contributed by atoms with Crippen molar-refractivity contribution in [2.45, 2.75) is 26.2 Å². The number of aryl methyl sites for hydroxylation is 1. The molecular weight excluding hydrogens is 204 g/mol. The van der Waals surface area contributed by atoms with Gasteiger partial charge in [-0.3, -0.25) is 9.78 Å². The number of unbranched alkanes of at least 4 members (excludes halogenated alkanes) is 2. The summed E-state index contributed by atoms with van der Waals surface area (Å²) in [6.45, 7) is 2.73. The third-order valence-electron chi connectivity index (χ3n) is 2.28. The number of carbonyl (C=O) groups is 1. The van der Waals surface area contributed by atoms with Gasteiger partial charge in [-0.25, -0.2) is 0 Å². The van der Waals surface area contributed by atoms with E-state index in [9.17, 15) is 4.79 Å². The minimum absolute atomic E-state index is 0.0606. The minimum Gasteiger partial charge on any atom is -0.396 e. The lowest BCUT2D eigenvalue weighted by Gasteiger charge is -2.05. The van der Waals surface area contributed by atoms with Crippen LogP contribution in [0.25, 0.3) is 0 Å². The van der Waals surface area contributed by atoms with Gasteiger partial charge in [0, 0.05) is 30.6 Å². The Kier molecular flexibility index (Phi) is 5.50. The number of rotatable bonds is 6. The van der Waals surface area contributed by atoms with Crippen molar-refractivity contribution in [1.29, 1.82) is 0 Å². The molecule has 0 spiro atoms. The lowest BCUT2D eigenvalue weighted by Crippen LogP contribution is -2.24. The van der Waals surface area contributed by atoms with Crippen molar-refractivity contribution in [3.8, 4) is 0 Å². The smallest absolute Gasteiger partial charge is 0.251 e. The molecule has 0 unspecified atom stereocenters. The molecule has 88 valence electrons. The molecule has 1 heterocycles. The van der Waals surface area contributed by atoms with Crippen LogP contribution >= 0.6 is 0 Å². The van der Waals surface area contributed by atoms with Gasteiger partial charge in [0.1, 0.15) is 0 Å². The van der Waals surface area contributed by atoms with Crippen molar-refractivity contribution in [3.63, 3.8) is 0 Å². The van der Waals surface area contributed by atoms with Crippen molar-refractivity contribution in [3.05, 3.63) is 29.6 Å². The first-order chi connectivity index (χ1) is 7.74. The van der Waals surface area contributed by atoms with Gasteiger partial charge in [-0.15, -0.1) is 0 Å². The quantitative estimate of drug-likeness (QED) is 0.713. The van der Waals surface area contributed by atoms with Crippen LogP contribution in [0.4, 0.5) is 0 Å². The zero-order valence-electron chi connectivity index (χ0n) is 9.57. The molecule has 16 heavy (non-hydrogen) atoms. The summed E-state index contributed by atoms with van der Waals surface area (Å²) in [5.41, 5.74) is 1.49. The first-order valence-electron chi connectivity index (χ1n) is 5.56. The second-order valence-electron chi connectivity index (χ2n) is 3.73. The van der Waals surface area contributed by atoms with Crippen molar-refractivity contribution in [2.75, 3.05) is 13.2 Å². The standard InChI is InChI=1S/C12H18N2O2/c1-10-9-11(5-7-13-10)12(16)14-6-3-2-4-8-15/h5,7,9,15H,2-4,6,8H2,1H3,(H,14,16). The van der Waals surface area contributed by atoms with Gasteiger partial charge >= 0.3 is 0 Å². The summed E-state index contributed by atoms with van der Waals surface area (Å²) in [5.74, 6) is -0.0606. The fraction of sp³-hybridized carbons (Fsp3) is 0.500. The maximum absolute atomic E-state index is 11.6. The zero-order valence-corrected chi connectivity index (χ0v) is 9.57. The van der Waals surface area contributed by atoms with E-state index in [0.29, 0.717) is 12.1 Å². The molecule has 1 aromatic heterocycles. The summed E-state index contributed by atoms with van der Waals surface area (Å²) >= 11 is 0. The van der Waals surface area contributed by atoms with Crippen LogP contribution in [-0.2, 0) is 0 Å². The predicted octanol–water partition coefficient (Wildman–Crippen LogP) is 1.28. The zero-order chi connectivity index (χ0) is 11.8. The van der Waals surface area contributed by atoms with E-state index in [1.54, 1.807) is 18.3 Å². The molecule has 0 aliphatic carbocycles. The molecule has 0 saturated heterocycles. The van der Waals surface area contributed by atoms with Gasteiger partial charge < -0.3 is 10.4 Å². The fourth-order valence-corrected chi connectivity index (χ4v) is 1.40. The van der Waals surface area contributed by atoms with E-state index in [1.807, 2.05) is 6.92 Å². The molecule has 2 N–H and O–H groups in total. The topological polar surface area (TPSA) is 62.2 Å². The van der Waals surface area contributed by atoms with Gasteiger partial charge in [-0.2, -0.15) is 0 Å². The summed E-state index contributed by atoms with van der Waals surface area (Å²) in [6, 6.07) is 3.47. The van der Waals surface area contributed by atoms with E-state index in [1.165, 1.54) is 0 Å². The van der Waals surface area contributed by atoms with Crippen LogP contribution in [0.15, 0.2) is 18.3 Å². The molecule has 0 aliphatic rings. The lowest BCUT2D eigenvalue weighted by atomic mass is 10.2. The van der Waals surface area contributed by atoms with Gasteiger partial charge in [0.2, 0.25) is 0 Å². The molecule has 0 saturated carbocycles.